The molecule has 1 atom stereocenters. The Balaban J connectivity index is 1.80. The Morgan fingerprint density at radius 3 is 2.29 bits per heavy atom. The summed E-state index contributed by atoms with van der Waals surface area (Å²) in [5, 5.41) is 22.5. The highest BCUT2D eigenvalue weighted by Gasteiger charge is 2.23. The van der Waals surface area contributed by atoms with Gasteiger partial charge in [-0.3, -0.25) is 4.79 Å². The minimum atomic E-state index is -1.10. The van der Waals surface area contributed by atoms with Gasteiger partial charge in [0, 0.05) is 5.56 Å². The summed E-state index contributed by atoms with van der Waals surface area (Å²) in [6, 6.07) is 14.6. The third-order valence-corrected chi connectivity index (χ3v) is 5.75. The Kier molecular flexibility index (Phi) is 8.07. The van der Waals surface area contributed by atoms with Gasteiger partial charge in [-0.15, -0.1) is 0 Å². The molecule has 0 radical (unpaired) electrons. The molecule has 0 saturated heterocycles. The van der Waals surface area contributed by atoms with Crippen LogP contribution in [0.2, 0.25) is 10.0 Å². The van der Waals surface area contributed by atoms with Gasteiger partial charge in [-0.25, -0.2) is 4.79 Å². The van der Waals surface area contributed by atoms with Crippen molar-refractivity contribution in [1.29, 1.82) is 0 Å². The maximum Gasteiger partial charge on any atom is 0.326 e. The van der Waals surface area contributed by atoms with Crippen molar-refractivity contribution in [2.24, 2.45) is 5.92 Å². The van der Waals surface area contributed by atoms with Gasteiger partial charge in [-0.05, 0) is 54.3 Å². The molecule has 0 spiro atoms. The lowest BCUT2D eigenvalue weighted by molar-refractivity contribution is -0.143. The molecule has 0 aliphatic rings. The van der Waals surface area contributed by atoms with E-state index in [0.717, 1.165) is 11.1 Å². The third kappa shape index (κ3) is 6.22. The minimum absolute atomic E-state index is 0.0903. The van der Waals surface area contributed by atoms with E-state index in [1.807, 2.05) is 31.2 Å². The fourth-order valence-corrected chi connectivity index (χ4v) is 4.09. The molecule has 0 saturated carbocycles. The van der Waals surface area contributed by atoms with Crippen molar-refractivity contribution in [1.82, 2.24) is 5.32 Å². The average Bonchev–Trinajstić information content (AvgIpc) is 2.75. The Bertz CT molecular complexity index is 1200. The van der Waals surface area contributed by atoms with E-state index < -0.39 is 17.9 Å². The summed E-state index contributed by atoms with van der Waals surface area (Å²) in [6.07, 6.45) is -0.0903. The number of halogens is 2. The van der Waals surface area contributed by atoms with Gasteiger partial charge in [-0.2, -0.15) is 0 Å². The summed E-state index contributed by atoms with van der Waals surface area (Å²) in [5.74, 6) is -1.08. The van der Waals surface area contributed by atoms with Gasteiger partial charge in [0.2, 0.25) is 5.91 Å². The number of carboxylic acid groups (broad SMARTS) is 1. The summed E-state index contributed by atoms with van der Waals surface area (Å²) in [4.78, 5) is 23.7. The van der Waals surface area contributed by atoms with Crippen molar-refractivity contribution < 1.29 is 24.5 Å². The van der Waals surface area contributed by atoms with E-state index in [4.69, 9.17) is 27.9 Å². The maximum atomic E-state index is 12.3. The first-order valence-electron chi connectivity index (χ1n) is 10.6. The zero-order chi connectivity index (χ0) is 25.0. The summed E-state index contributed by atoms with van der Waals surface area (Å²) >= 11 is 12.8. The molecule has 3 aromatic carbocycles. The summed E-state index contributed by atoms with van der Waals surface area (Å²) < 4.78 is 5.92. The summed E-state index contributed by atoms with van der Waals surface area (Å²) in [5.41, 5.74) is 3.00. The third-order valence-electron chi connectivity index (χ3n) is 5.19. The number of phenols is 1. The minimum Gasteiger partial charge on any atom is -0.507 e. The SMILES string of the molecule is Cc1cccc(-c2cc(Oc3c(Cl)cc(CC(=O)N[C@H](C(=O)O)C(C)C)cc3Cl)ccc2O)c1. The number of phenolic OH excluding ortho intramolecular Hbond substituents is 1. The topological polar surface area (TPSA) is 95.9 Å². The number of hydrogen-bond acceptors (Lipinski definition) is 4. The molecule has 0 aromatic heterocycles. The molecule has 178 valence electrons. The molecule has 0 bridgehead atoms. The predicted octanol–water partition coefficient (Wildman–Crippen LogP) is 6.23. The number of aliphatic carboxylic acids is 1. The number of carbonyl (C=O) groups is 2. The van der Waals surface area contributed by atoms with Crippen LogP contribution in [0.5, 0.6) is 17.2 Å². The lowest BCUT2D eigenvalue weighted by Gasteiger charge is -2.18. The number of benzene rings is 3. The van der Waals surface area contributed by atoms with Crippen LogP contribution in [-0.2, 0) is 16.0 Å². The molecule has 3 N–H and O–H groups in total. The smallest absolute Gasteiger partial charge is 0.326 e. The van der Waals surface area contributed by atoms with Crippen molar-refractivity contribution in [2.75, 3.05) is 0 Å². The van der Waals surface area contributed by atoms with E-state index >= 15 is 0 Å². The van der Waals surface area contributed by atoms with Gasteiger partial charge in [-0.1, -0.05) is 66.9 Å². The van der Waals surface area contributed by atoms with Crippen LogP contribution in [0.25, 0.3) is 11.1 Å². The number of amides is 1. The van der Waals surface area contributed by atoms with Crippen LogP contribution in [0.4, 0.5) is 0 Å². The number of rotatable bonds is 8. The number of carboxylic acids is 1. The number of carbonyl (C=O) groups excluding carboxylic acids is 1. The quantitative estimate of drug-likeness (QED) is 0.339. The first-order chi connectivity index (χ1) is 16.0. The normalized spacial score (nSPS) is 11.8. The average molecular weight is 502 g/mol. The van der Waals surface area contributed by atoms with Crippen molar-refractivity contribution in [2.45, 2.75) is 33.2 Å². The Labute approximate surface area is 208 Å². The monoisotopic (exact) mass is 501 g/mol. The molecule has 0 aliphatic carbocycles. The van der Waals surface area contributed by atoms with Crippen LogP contribution in [0, 0.1) is 12.8 Å². The molecule has 3 aromatic rings. The molecule has 6 nitrogen and oxygen atoms in total. The number of hydrogen-bond donors (Lipinski definition) is 3. The molecule has 0 fully saturated rings. The highest BCUT2D eigenvalue weighted by molar-refractivity contribution is 6.37. The highest BCUT2D eigenvalue weighted by atomic mass is 35.5. The van der Waals surface area contributed by atoms with Gasteiger partial charge in [0.1, 0.15) is 17.5 Å². The van der Waals surface area contributed by atoms with Crippen LogP contribution in [-0.4, -0.2) is 28.1 Å². The molecular formula is C26H25Cl2NO5. The number of ether oxygens (including phenoxy) is 1. The van der Waals surface area contributed by atoms with Gasteiger partial charge >= 0.3 is 5.97 Å². The highest BCUT2D eigenvalue weighted by Crippen LogP contribution is 2.40. The van der Waals surface area contributed by atoms with Crippen LogP contribution in [0.3, 0.4) is 0 Å². The van der Waals surface area contributed by atoms with E-state index in [-0.39, 0.29) is 33.9 Å². The lowest BCUT2D eigenvalue weighted by atomic mass is 10.0. The van der Waals surface area contributed by atoms with Crippen molar-refractivity contribution >= 4 is 35.1 Å². The van der Waals surface area contributed by atoms with Crippen LogP contribution < -0.4 is 10.1 Å². The summed E-state index contributed by atoms with van der Waals surface area (Å²) in [7, 11) is 0. The van der Waals surface area contributed by atoms with E-state index in [9.17, 15) is 19.8 Å². The molecule has 1 amide bonds. The van der Waals surface area contributed by atoms with E-state index in [0.29, 0.717) is 16.9 Å². The predicted molar refractivity (Wildman–Crippen MR) is 133 cm³/mol. The Morgan fingerprint density at radius 1 is 1.03 bits per heavy atom. The van der Waals surface area contributed by atoms with E-state index in [1.54, 1.807) is 38.1 Å². The molecule has 34 heavy (non-hydrogen) atoms. The number of aromatic hydroxyl groups is 1. The maximum absolute atomic E-state index is 12.3. The first kappa shape index (κ1) is 25.4. The molecule has 8 heteroatoms. The van der Waals surface area contributed by atoms with Gasteiger partial charge in [0.05, 0.1) is 16.5 Å². The van der Waals surface area contributed by atoms with Crippen LogP contribution in [0.15, 0.2) is 54.6 Å². The molecule has 0 heterocycles. The molecular weight excluding hydrogens is 477 g/mol. The number of aryl methyl sites for hydroxylation is 1. The van der Waals surface area contributed by atoms with Crippen LogP contribution in [0.1, 0.15) is 25.0 Å². The molecule has 3 rings (SSSR count). The zero-order valence-electron chi connectivity index (χ0n) is 18.9. The number of nitrogens with one attached hydrogen (secondary N) is 1. The van der Waals surface area contributed by atoms with Crippen LogP contribution >= 0.6 is 23.2 Å². The Hall–Kier alpha value is -3.22. The fourth-order valence-electron chi connectivity index (χ4n) is 3.48. The second-order valence-electron chi connectivity index (χ2n) is 8.34. The van der Waals surface area contributed by atoms with E-state index in [1.165, 1.54) is 6.07 Å². The lowest BCUT2D eigenvalue weighted by Crippen LogP contribution is -2.44. The van der Waals surface area contributed by atoms with Crippen molar-refractivity contribution in [3.05, 3.63) is 75.8 Å². The van der Waals surface area contributed by atoms with Gasteiger partial charge < -0.3 is 20.3 Å². The Morgan fingerprint density at radius 2 is 1.71 bits per heavy atom. The van der Waals surface area contributed by atoms with E-state index in [2.05, 4.69) is 5.32 Å². The molecule has 0 aliphatic heterocycles. The first-order valence-corrected chi connectivity index (χ1v) is 11.4. The second-order valence-corrected chi connectivity index (χ2v) is 9.16. The molecule has 0 unspecified atom stereocenters. The largest absolute Gasteiger partial charge is 0.507 e. The van der Waals surface area contributed by atoms with Crippen molar-refractivity contribution in [3.8, 4) is 28.4 Å². The van der Waals surface area contributed by atoms with Gasteiger partial charge in [0.15, 0.2) is 5.75 Å². The standard InChI is InChI=1S/C26H25Cl2NO5/c1-14(2)24(26(32)33)29-23(31)12-16-10-20(27)25(21(28)11-16)34-18-7-8-22(30)19(13-18)17-6-4-5-15(3)9-17/h4-11,13-14,24,30H,12H2,1-3H3,(H,29,31)(H,32,33)/t24-/m0/s1. The second kappa shape index (κ2) is 10.8. The van der Waals surface area contributed by atoms with Crippen molar-refractivity contribution in [3.63, 3.8) is 0 Å². The zero-order valence-corrected chi connectivity index (χ0v) is 20.4. The fraction of sp³-hybridized carbons (Fsp3) is 0.231. The summed E-state index contributed by atoms with van der Waals surface area (Å²) in [6.45, 7) is 5.40. The van der Waals surface area contributed by atoms with Gasteiger partial charge in [0.25, 0.3) is 0 Å².